The molecular weight excluding hydrogens is 308 g/mol. The Morgan fingerprint density at radius 1 is 1.36 bits per heavy atom. The van der Waals surface area contributed by atoms with Crippen molar-refractivity contribution in [3.05, 3.63) is 27.1 Å². The lowest BCUT2D eigenvalue weighted by atomic mass is 10.1. The number of nitrogens with zero attached hydrogens (tertiary/aromatic N) is 2. The standard InChI is InChI=1S/C14H16N2O5S/c1-4-8(14(20)21)16-10(6(2)3)15-11-9(12(16)17)7(5-22-11)13(18)19/h5-6,8H,4H2,1-3H3,(H,18,19)(H,20,21). The Morgan fingerprint density at radius 3 is 2.45 bits per heavy atom. The summed E-state index contributed by atoms with van der Waals surface area (Å²) >= 11 is 1.07. The van der Waals surface area contributed by atoms with Crippen molar-refractivity contribution in [2.45, 2.75) is 39.2 Å². The van der Waals surface area contributed by atoms with Gasteiger partial charge in [-0.2, -0.15) is 0 Å². The first kappa shape index (κ1) is 16.2. The first-order chi connectivity index (χ1) is 10.3. The van der Waals surface area contributed by atoms with Gasteiger partial charge in [0.1, 0.15) is 16.7 Å². The minimum absolute atomic E-state index is 0.0263. The van der Waals surface area contributed by atoms with Gasteiger partial charge in [-0.1, -0.05) is 20.8 Å². The van der Waals surface area contributed by atoms with E-state index in [-0.39, 0.29) is 23.3 Å². The summed E-state index contributed by atoms with van der Waals surface area (Å²) in [4.78, 5) is 40.1. The highest BCUT2D eigenvalue weighted by atomic mass is 32.1. The van der Waals surface area contributed by atoms with Crippen molar-refractivity contribution in [3.63, 3.8) is 0 Å². The molecule has 118 valence electrons. The summed E-state index contributed by atoms with van der Waals surface area (Å²) in [5.41, 5.74) is -0.747. The number of thiophene rings is 1. The highest BCUT2D eigenvalue weighted by molar-refractivity contribution is 7.17. The quantitative estimate of drug-likeness (QED) is 0.873. The highest BCUT2D eigenvalue weighted by Gasteiger charge is 2.27. The van der Waals surface area contributed by atoms with Crippen molar-refractivity contribution < 1.29 is 19.8 Å². The molecule has 0 saturated heterocycles. The summed E-state index contributed by atoms with van der Waals surface area (Å²) in [6.45, 7) is 5.28. The Hall–Kier alpha value is -2.22. The van der Waals surface area contributed by atoms with Crippen LogP contribution in [0.25, 0.3) is 10.2 Å². The molecule has 0 aliphatic carbocycles. The second-order valence-electron chi connectivity index (χ2n) is 5.20. The maximum absolute atomic E-state index is 12.7. The summed E-state index contributed by atoms with van der Waals surface area (Å²) in [7, 11) is 0. The number of aromatic carboxylic acids is 1. The Bertz CT molecular complexity index is 805. The fourth-order valence-corrected chi connectivity index (χ4v) is 3.26. The molecule has 0 saturated carbocycles. The van der Waals surface area contributed by atoms with Crippen LogP contribution in [0.15, 0.2) is 10.2 Å². The zero-order valence-electron chi connectivity index (χ0n) is 12.4. The number of aliphatic carboxylic acids is 1. The molecule has 1 atom stereocenters. The predicted octanol–water partition coefficient (Wildman–Crippen LogP) is 2.32. The molecule has 22 heavy (non-hydrogen) atoms. The van der Waals surface area contributed by atoms with Crippen molar-refractivity contribution in [2.24, 2.45) is 0 Å². The molecule has 8 heteroatoms. The predicted molar refractivity (Wildman–Crippen MR) is 81.9 cm³/mol. The van der Waals surface area contributed by atoms with Crippen LogP contribution < -0.4 is 5.56 Å². The Morgan fingerprint density at radius 2 is 2.00 bits per heavy atom. The van der Waals surface area contributed by atoms with E-state index in [1.54, 1.807) is 6.92 Å². The van der Waals surface area contributed by atoms with E-state index in [1.165, 1.54) is 5.38 Å². The SMILES string of the molecule is CCC(C(=O)O)n1c(C(C)C)nc2scc(C(=O)O)c2c1=O. The lowest BCUT2D eigenvalue weighted by Gasteiger charge is -2.20. The van der Waals surface area contributed by atoms with E-state index < -0.39 is 23.5 Å². The molecule has 0 fully saturated rings. The first-order valence-electron chi connectivity index (χ1n) is 6.79. The third kappa shape index (κ3) is 2.50. The van der Waals surface area contributed by atoms with Gasteiger partial charge in [-0.3, -0.25) is 9.36 Å². The van der Waals surface area contributed by atoms with Gasteiger partial charge >= 0.3 is 11.9 Å². The molecular formula is C14H16N2O5S. The molecule has 1 unspecified atom stereocenters. The Kier molecular flexibility index (Phi) is 4.32. The largest absolute Gasteiger partial charge is 0.480 e. The molecule has 7 nitrogen and oxygen atoms in total. The number of fused-ring (bicyclic) bond motifs is 1. The van der Waals surface area contributed by atoms with Crippen molar-refractivity contribution in [3.8, 4) is 0 Å². The van der Waals surface area contributed by atoms with Crippen LogP contribution in [0.2, 0.25) is 0 Å². The van der Waals surface area contributed by atoms with Gasteiger partial charge in [0.05, 0.1) is 10.9 Å². The number of hydrogen-bond donors (Lipinski definition) is 2. The van der Waals surface area contributed by atoms with Crippen LogP contribution in [0.4, 0.5) is 0 Å². The van der Waals surface area contributed by atoms with Gasteiger partial charge < -0.3 is 10.2 Å². The number of rotatable bonds is 5. The molecule has 0 aliphatic rings. The van der Waals surface area contributed by atoms with Crippen molar-refractivity contribution in [1.29, 1.82) is 0 Å². The molecule has 2 rings (SSSR count). The molecule has 2 N–H and O–H groups in total. The first-order valence-corrected chi connectivity index (χ1v) is 7.67. The van der Waals surface area contributed by atoms with Crippen LogP contribution in [0.5, 0.6) is 0 Å². The van der Waals surface area contributed by atoms with E-state index in [0.717, 1.165) is 15.9 Å². The van der Waals surface area contributed by atoms with E-state index >= 15 is 0 Å². The van der Waals surface area contributed by atoms with Gasteiger partial charge in [-0.25, -0.2) is 14.6 Å². The number of carbonyl (C=O) groups is 2. The van der Waals surface area contributed by atoms with Crippen LogP contribution in [0.3, 0.4) is 0 Å². The number of hydrogen-bond acceptors (Lipinski definition) is 5. The fourth-order valence-electron chi connectivity index (χ4n) is 2.35. The van der Waals surface area contributed by atoms with Crippen LogP contribution in [-0.4, -0.2) is 31.7 Å². The van der Waals surface area contributed by atoms with Gasteiger partial charge in [0.2, 0.25) is 0 Å². The molecule has 0 aliphatic heterocycles. The summed E-state index contributed by atoms with van der Waals surface area (Å²) in [6, 6.07) is -1.07. The Labute approximate surface area is 129 Å². The number of carboxylic acids is 2. The Balaban J connectivity index is 2.92. The summed E-state index contributed by atoms with van der Waals surface area (Å²) in [5, 5.41) is 19.9. The zero-order chi connectivity index (χ0) is 16.6. The normalized spacial score (nSPS) is 12.7. The van der Waals surface area contributed by atoms with Gasteiger partial charge in [-0.05, 0) is 6.42 Å². The average molecular weight is 324 g/mol. The van der Waals surface area contributed by atoms with Gasteiger partial charge in [-0.15, -0.1) is 11.3 Å². The van der Waals surface area contributed by atoms with E-state index in [4.69, 9.17) is 0 Å². The second kappa shape index (κ2) is 5.88. The lowest BCUT2D eigenvalue weighted by Crippen LogP contribution is -2.33. The summed E-state index contributed by atoms with van der Waals surface area (Å²) < 4.78 is 1.12. The van der Waals surface area contributed by atoms with Gasteiger partial charge in [0.25, 0.3) is 5.56 Å². The minimum Gasteiger partial charge on any atom is -0.480 e. The maximum Gasteiger partial charge on any atom is 0.337 e. The van der Waals surface area contributed by atoms with Crippen molar-refractivity contribution in [2.75, 3.05) is 0 Å². The zero-order valence-corrected chi connectivity index (χ0v) is 13.2. The lowest BCUT2D eigenvalue weighted by molar-refractivity contribution is -0.141. The van der Waals surface area contributed by atoms with Crippen LogP contribution in [0.1, 0.15) is 55.3 Å². The van der Waals surface area contributed by atoms with Crippen molar-refractivity contribution in [1.82, 2.24) is 9.55 Å². The molecule has 0 aromatic carbocycles. The summed E-state index contributed by atoms with van der Waals surface area (Å²) in [5.74, 6) is -2.18. The molecule has 2 aromatic heterocycles. The molecule has 0 amide bonds. The molecule has 0 radical (unpaired) electrons. The van der Waals surface area contributed by atoms with E-state index in [9.17, 15) is 24.6 Å². The smallest absolute Gasteiger partial charge is 0.337 e. The van der Waals surface area contributed by atoms with Crippen LogP contribution >= 0.6 is 11.3 Å². The molecule has 2 heterocycles. The number of aromatic nitrogens is 2. The van der Waals surface area contributed by atoms with Crippen LogP contribution in [-0.2, 0) is 4.79 Å². The third-order valence-electron chi connectivity index (χ3n) is 3.40. The third-order valence-corrected chi connectivity index (χ3v) is 4.27. The molecule has 0 spiro atoms. The van der Waals surface area contributed by atoms with Gasteiger partial charge in [0, 0.05) is 11.3 Å². The average Bonchev–Trinajstić information content (AvgIpc) is 2.85. The van der Waals surface area contributed by atoms with Crippen LogP contribution in [0, 0.1) is 0 Å². The monoisotopic (exact) mass is 324 g/mol. The van der Waals surface area contributed by atoms with Crippen molar-refractivity contribution >= 4 is 33.5 Å². The maximum atomic E-state index is 12.7. The summed E-state index contributed by atoms with van der Waals surface area (Å²) in [6.07, 6.45) is 0.203. The second-order valence-corrected chi connectivity index (χ2v) is 6.05. The van der Waals surface area contributed by atoms with E-state index in [2.05, 4.69) is 4.98 Å². The van der Waals surface area contributed by atoms with E-state index in [0.29, 0.717) is 10.7 Å². The van der Waals surface area contributed by atoms with E-state index in [1.807, 2.05) is 13.8 Å². The van der Waals surface area contributed by atoms with Gasteiger partial charge in [0.15, 0.2) is 0 Å². The molecule has 2 aromatic rings. The number of carboxylic acid groups (broad SMARTS) is 2. The topological polar surface area (TPSA) is 109 Å². The fraction of sp³-hybridized carbons (Fsp3) is 0.429. The molecule has 0 bridgehead atoms. The minimum atomic E-state index is -1.22. The highest BCUT2D eigenvalue weighted by Crippen LogP contribution is 2.26.